The molecule has 0 unspecified atom stereocenters. The number of benzene rings is 2. The Hall–Kier alpha value is -2.57. The normalized spacial score (nSPS) is 14.2. The molecule has 0 aliphatic heterocycles. The molecule has 2 aromatic rings. The maximum Gasteiger partial charge on any atom is 0.183 e. The standard InChI is InChI=1S/C19H15O4S2/c20-24(21,17-12-6-2-7-13-17)19(16-10-4-1-5-11-16)25(22,23)18-14-8-3-9-15-18/h1-15H/q-1. The van der Waals surface area contributed by atoms with E-state index in [2.05, 4.69) is 0 Å². The molecular weight excluding hydrogens is 356 g/mol. The summed E-state index contributed by atoms with van der Waals surface area (Å²) >= 11 is 0. The molecule has 3 rings (SSSR count). The Morgan fingerprint density at radius 3 is 1.56 bits per heavy atom. The van der Waals surface area contributed by atoms with Crippen molar-refractivity contribution in [2.75, 3.05) is 0 Å². The molecule has 0 saturated carbocycles. The molecule has 0 fully saturated rings. The van der Waals surface area contributed by atoms with E-state index in [0.717, 1.165) is 0 Å². The van der Waals surface area contributed by atoms with E-state index in [0.29, 0.717) is 0 Å². The van der Waals surface area contributed by atoms with Crippen LogP contribution in [0, 0.1) is 6.42 Å². The molecule has 0 heterocycles. The number of rotatable bonds is 4. The van der Waals surface area contributed by atoms with Gasteiger partial charge in [0.15, 0.2) is 19.7 Å². The molecule has 25 heavy (non-hydrogen) atoms. The molecule has 0 radical (unpaired) electrons. The molecule has 1 aliphatic carbocycles. The van der Waals surface area contributed by atoms with E-state index in [-0.39, 0.29) is 15.4 Å². The minimum Gasteiger partial charge on any atom is -0.228 e. The lowest BCUT2D eigenvalue weighted by molar-refractivity contribution is 0.595. The highest BCUT2D eigenvalue weighted by molar-refractivity contribution is 8.14. The smallest absolute Gasteiger partial charge is 0.183 e. The minimum absolute atomic E-state index is 0.0617. The molecular formula is C19H15O4S2-. The monoisotopic (exact) mass is 371 g/mol. The van der Waals surface area contributed by atoms with Crippen molar-refractivity contribution in [2.24, 2.45) is 0 Å². The number of hydrogen-bond donors (Lipinski definition) is 0. The quantitative estimate of drug-likeness (QED) is 0.772. The third-order valence-electron chi connectivity index (χ3n) is 3.60. The van der Waals surface area contributed by atoms with Gasteiger partial charge in [-0.3, -0.25) is 0 Å². The van der Waals surface area contributed by atoms with Gasteiger partial charge in [-0.2, -0.15) is 0 Å². The van der Waals surface area contributed by atoms with Gasteiger partial charge in [-0.25, -0.2) is 16.8 Å². The van der Waals surface area contributed by atoms with Crippen molar-refractivity contribution in [1.82, 2.24) is 0 Å². The Labute approximate surface area is 147 Å². The Morgan fingerprint density at radius 1 is 0.680 bits per heavy atom. The second kappa shape index (κ2) is 6.74. The summed E-state index contributed by atoms with van der Waals surface area (Å²) in [5.41, 5.74) is 0.134. The first-order valence-corrected chi connectivity index (χ1v) is 10.4. The van der Waals surface area contributed by atoms with Crippen LogP contribution in [0.4, 0.5) is 0 Å². The third-order valence-corrected chi connectivity index (χ3v) is 8.15. The van der Waals surface area contributed by atoms with Crippen molar-refractivity contribution in [3.8, 4) is 0 Å². The van der Waals surface area contributed by atoms with Crippen molar-refractivity contribution in [3.63, 3.8) is 0 Å². The molecule has 0 spiro atoms. The van der Waals surface area contributed by atoms with E-state index in [9.17, 15) is 16.8 Å². The Balaban J connectivity index is 2.30. The second-order valence-corrected chi connectivity index (χ2v) is 9.32. The maximum atomic E-state index is 13.1. The van der Waals surface area contributed by atoms with Crippen molar-refractivity contribution < 1.29 is 16.8 Å². The van der Waals surface area contributed by atoms with Gasteiger partial charge in [-0.1, -0.05) is 36.4 Å². The fraction of sp³-hybridized carbons (Fsp3) is 0. The molecule has 0 atom stereocenters. The van der Waals surface area contributed by atoms with Crippen LogP contribution in [-0.2, 0) is 19.7 Å². The average molecular weight is 371 g/mol. The van der Waals surface area contributed by atoms with Gasteiger partial charge in [0.1, 0.15) is 0 Å². The number of sulfone groups is 2. The average Bonchev–Trinajstić information content (AvgIpc) is 2.64. The highest BCUT2D eigenvalue weighted by Gasteiger charge is 2.31. The van der Waals surface area contributed by atoms with E-state index < -0.39 is 23.9 Å². The van der Waals surface area contributed by atoms with Gasteiger partial charge in [0, 0.05) is 0 Å². The van der Waals surface area contributed by atoms with Crippen LogP contribution in [0.15, 0.2) is 105 Å². The van der Waals surface area contributed by atoms with Crippen LogP contribution in [0.25, 0.3) is 0 Å². The topological polar surface area (TPSA) is 68.3 Å². The summed E-state index contributed by atoms with van der Waals surface area (Å²) in [6, 6.07) is 15.1. The SMILES string of the molecule is O=S(=O)(C(=C1C=CC=C[CH-]1)S(=O)(=O)c1ccccc1)c1ccccc1. The molecule has 0 aromatic heterocycles. The third kappa shape index (κ3) is 3.31. The molecule has 2 aromatic carbocycles. The maximum absolute atomic E-state index is 13.1. The summed E-state index contributed by atoms with van der Waals surface area (Å²) in [5.74, 6) is 0. The largest absolute Gasteiger partial charge is 0.228 e. The van der Waals surface area contributed by atoms with Crippen molar-refractivity contribution in [1.29, 1.82) is 0 Å². The first-order chi connectivity index (χ1) is 11.9. The first kappa shape index (κ1) is 17.3. The Bertz CT molecular complexity index is 989. The van der Waals surface area contributed by atoms with E-state index in [1.54, 1.807) is 54.6 Å². The van der Waals surface area contributed by atoms with Crippen LogP contribution in [0.1, 0.15) is 0 Å². The molecule has 1 aliphatic rings. The lowest BCUT2D eigenvalue weighted by atomic mass is 10.1. The Morgan fingerprint density at radius 2 is 1.16 bits per heavy atom. The molecule has 0 saturated heterocycles. The number of hydrogen-bond acceptors (Lipinski definition) is 4. The van der Waals surface area contributed by atoms with Crippen LogP contribution in [0.5, 0.6) is 0 Å². The zero-order valence-electron chi connectivity index (χ0n) is 13.1. The summed E-state index contributed by atoms with van der Waals surface area (Å²) in [6.07, 6.45) is 7.88. The minimum atomic E-state index is -4.23. The van der Waals surface area contributed by atoms with Crippen LogP contribution < -0.4 is 0 Å². The summed E-state index contributed by atoms with van der Waals surface area (Å²) in [4.78, 5) is -0.123. The van der Waals surface area contributed by atoms with Crippen LogP contribution >= 0.6 is 0 Å². The lowest BCUT2D eigenvalue weighted by Crippen LogP contribution is -2.17. The summed E-state index contributed by atoms with van der Waals surface area (Å²) in [5, 5.41) is 0. The Kier molecular flexibility index (Phi) is 4.65. The molecule has 0 N–H and O–H groups in total. The van der Waals surface area contributed by atoms with Gasteiger partial charge in [-0.05, 0) is 24.3 Å². The molecule has 6 heteroatoms. The van der Waals surface area contributed by atoms with Crippen molar-refractivity contribution in [3.05, 3.63) is 101 Å². The van der Waals surface area contributed by atoms with Crippen molar-refractivity contribution in [2.45, 2.75) is 9.79 Å². The van der Waals surface area contributed by atoms with Crippen LogP contribution in [-0.4, -0.2) is 16.8 Å². The van der Waals surface area contributed by atoms with Crippen molar-refractivity contribution >= 4 is 19.7 Å². The summed E-state index contributed by atoms with van der Waals surface area (Å²) < 4.78 is 51.9. The molecule has 128 valence electrons. The summed E-state index contributed by atoms with van der Waals surface area (Å²) in [7, 11) is -8.46. The van der Waals surface area contributed by atoms with Crippen LogP contribution in [0.2, 0.25) is 0 Å². The zero-order valence-corrected chi connectivity index (χ0v) is 14.7. The highest BCUT2D eigenvalue weighted by atomic mass is 32.3. The van der Waals surface area contributed by atoms with Crippen LogP contribution in [0.3, 0.4) is 0 Å². The first-order valence-electron chi connectivity index (χ1n) is 7.47. The predicted octanol–water partition coefficient (Wildman–Crippen LogP) is 3.48. The van der Waals surface area contributed by atoms with Gasteiger partial charge in [0.05, 0.1) is 14.0 Å². The number of allylic oxidation sites excluding steroid dienone is 5. The molecule has 0 amide bonds. The van der Waals surface area contributed by atoms with Gasteiger partial charge >= 0.3 is 0 Å². The fourth-order valence-electron chi connectivity index (χ4n) is 2.44. The fourth-order valence-corrected chi connectivity index (χ4v) is 6.53. The van der Waals surface area contributed by atoms with Gasteiger partial charge < -0.3 is 0 Å². The van der Waals surface area contributed by atoms with E-state index >= 15 is 0 Å². The lowest BCUT2D eigenvalue weighted by Gasteiger charge is -2.20. The van der Waals surface area contributed by atoms with E-state index in [1.165, 1.54) is 36.8 Å². The molecule has 0 bridgehead atoms. The predicted molar refractivity (Wildman–Crippen MR) is 96.9 cm³/mol. The van der Waals surface area contributed by atoms with Gasteiger partial charge in [0.25, 0.3) is 0 Å². The highest BCUT2D eigenvalue weighted by Crippen LogP contribution is 2.33. The summed E-state index contributed by atoms with van der Waals surface area (Å²) in [6.45, 7) is 0. The second-order valence-electron chi connectivity index (χ2n) is 5.29. The van der Waals surface area contributed by atoms with E-state index in [4.69, 9.17) is 0 Å². The van der Waals surface area contributed by atoms with E-state index in [1.807, 2.05) is 0 Å². The van der Waals surface area contributed by atoms with Gasteiger partial charge in [-0.15, -0.1) is 36.3 Å². The van der Waals surface area contributed by atoms with Gasteiger partial charge in [0.2, 0.25) is 0 Å². The zero-order chi connectivity index (χ0) is 17.9. The molecule has 4 nitrogen and oxygen atoms in total.